The Bertz CT molecular complexity index is 643. The van der Waals surface area contributed by atoms with Gasteiger partial charge in [-0.2, -0.15) is 23.4 Å². The van der Waals surface area contributed by atoms with Crippen LogP contribution in [-0.2, 0) is 33.0 Å². The van der Waals surface area contributed by atoms with Crippen LogP contribution < -0.4 is 10.6 Å². The van der Waals surface area contributed by atoms with Crippen molar-refractivity contribution >= 4 is 22.6 Å². The van der Waals surface area contributed by atoms with E-state index in [1.165, 1.54) is 11.0 Å². The van der Waals surface area contributed by atoms with Gasteiger partial charge in [0.25, 0.3) is 5.91 Å². The molecule has 2 atom stereocenters. The molecule has 0 aromatic carbocycles. The lowest BCUT2D eigenvalue weighted by molar-refractivity contribution is -0.144. The maximum Gasteiger partial charge on any atom is 0.362 e. The monoisotopic (exact) mass is 318 g/mol. The van der Waals surface area contributed by atoms with Crippen molar-refractivity contribution in [2.75, 3.05) is 7.05 Å². The minimum atomic E-state index is -4.69. The highest BCUT2D eigenvalue weighted by Crippen LogP contribution is 2.24. The molecule has 12 heteroatoms. The summed E-state index contributed by atoms with van der Waals surface area (Å²) in [6, 6.07) is -2.02. The molecule has 0 saturated carbocycles. The van der Waals surface area contributed by atoms with Gasteiger partial charge >= 0.3 is 10.3 Å². The Morgan fingerprint density at radius 2 is 2.24 bits per heavy atom. The molecule has 2 heterocycles. The van der Waals surface area contributed by atoms with Gasteiger partial charge in [0.15, 0.2) is 0 Å². The molecule has 21 heavy (non-hydrogen) atoms. The van der Waals surface area contributed by atoms with E-state index in [-0.39, 0.29) is 6.54 Å². The number of nitrogens with zero attached hydrogens (tertiary/aromatic N) is 4. The number of aromatic nitrogens is 3. The average Bonchev–Trinajstić information content (AvgIpc) is 2.82. The van der Waals surface area contributed by atoms with Crippen molar-refractivity contribution in [3.05, 3.63) is 11.9 Å². The van der Waals surface area contributed by atoms with Gasteiger partial charge in [-0.05, 0) is 7.05 Å². The average molecular weight is 318 g/mol. The molecule has 11 nitrogen and oxygen atoms in total. The first-order valence-electron chi connectivity index (χ1n) is 5.92. The minimum Gasteiger partial charge on any atom is -0.345 e. The van der Waals surface area contributed by atoms with Crippen LogP contribution in [0, 0.1) is 0 Å². The van der Waals surface area contributed by atoms with Gasteiger partial charge in [-0.25, -0.2) is 4.31 Å². The van der Waals surface area contributed by atoms with Gasteiger partial charge in [0.1, 0.15) is 12.1 Å². The summed E-state index contributed by atoms with van der Waals surface area (Å²) in [5.41, 5.74) is 0.626. The number of amides is 2. The SMILES string of the molecule is CNCc1cnn(CC2C(NC=O)C(=O)N2S(=O)(=O)O)n1. The molecule has 1 aliphatic heterocycles. The minimum absolute atomic E-state index is 0.0826. The van der Waals surface area contributed by atoms with Crippen LogP contribution in [-0.4, -0.2) is 63.7 Å². The lowest BCUT2D eigenvalue weighted by Crippen LogP contribution is -2.72. The summed E-state index contributed by atoms with van der Waals surface area (Å²) in [6.07, 6.45) is 1.77. The van der Waals surface area contributed by atoms with Gasteiger partial charge in [0.05, 0.1) is 18.4 Å². The predicted molar refractivity (Wildman–Crippen MR) is 68.0 cm³/mol. The second-order valence-electron chi connectivity index (χ2n) is 4.36. The highest BCUT2D eigenvalue weighted by Gasteiger charge is 2.53. The van der Waals surface area contributed by atoms with Gasteiger partial charge in [-0.3, -0.25) is 14.1 Å². The Labute approximate surface area is 120 Å². The smallest absolute Gasteiger partial charge is 0.345 e. The maximum absolute atomic E-state index is 11.6. The largest absolute Gasteiger partial charge is 0.362 e. The Hall–Kier alpha value is -2.05. The third-order valence-electron chi connectivity index (χ3n) is 2.96. The van der Waals surface area contributed by atoms with Crippen LogP contribution >= 0.6 is 0 Å². The lowest BCUT2D eigenvalue weighted by atomic mass is 9.99. The summed E-state index contributed by atoms with van der Waals surface area (Å²) in [7, 11) is -2.96. The summed E-state index contributed by atoms with van der Waals surface area (Å²) >= 11 is 0. The van der Waals surface area contributed by atoms with E-state index >= 15 is 0 Å². The quantitative estimate of drug-likeness (QED) is 0.276. The van der Waals surface area contributed by atoms with Gasteiger partial charge in [0, 0.05) is 6.54 Å². The van der Waals surface area contributed by atoms with E-state index in [9.17, 15) is 18.0 Å². The van der Waals surface area contributed by atoms with E-state index in [0.717, 1.165) is 0 Å². The number of carbonyl (C=O) groups is 2. The highest BCUT2D eigenvalue weighted by molar-refractivity contribution is 7.84. The number of nitrogens with one attached hydrogen (secondary N) is 2. The van der Waals surface area contributed by atoms with Gasteiger partial charge < -0.3 is 10.6 Å². The van der Waals surface area contributed by atoms with Crippen LogP contribution in [0.15, 0.2) is 6.20 Å². The third-order valence-corrected chi connectivity index (χ3v) is 3.91. The molecule has 0 aliphatic carbocycles. The first kappa shape index (κ1) is 15.3. The Morgan fingerprint density at radius 3 is 2.81 bits per heavy atom. The molecule has 3 N–H and O–H groups in total. The van der Waals surface area contributed by atoms with E-state index in [1.807, 2.05) is 0 Å². The van der Waals surface area contributed by atoms with Crippen molar-refractivity contribution in [2.45, 2.75) is 25.2 Å². The molecular weight excluding hydrogens is 304 g/mol. The topological polar surface area (TPSA) is 147 Å². The normalized spacial score (nSPS) is 22.0. The zero-order valence-corrected chi connectivity index (χ0v) is 11.8. The molecule has 1 saturated heterocycles. The summed E-state index contributed by atoms with van der Waals surface area (Å²) < 4.78 is 31.7. The molecular formula is C9H14N6O5S. The van der Waals surface area contributed by atoms with E-state index in [0.29, 0.717) is 23.0 Å². The first-order valence-corrected chi connectivity index (χ1v) is 7.32. The van der Waals surface area contributed by atoms with Gasteiger partial charge in [0.2, 0.25) is 6.41 Å². The number of β-lactam (4-membered cyclic amide) rings is 1. The van der Waals surface area contributed by atoms with Crippen LogP contribution in [0.2, 0.25) is 0 Å². The summed E-state index contributed by atoms with van der Waals surface area (Å²) in [5, 5.41) is 13.1. The summed E-state index contributed by atoms with van der Waals surface area (Å²) in [5.74, 6) is -0.905. The van der Waals surface area contributed by atoms with Crippen molar-refractivity contribution in [2.24, 2.45) is 0 Å². The Balaban J connectivity index is 2.16. The zero-order chi connectivity index (χ0) is 15.6. The molecule has 116 valence electrons. The molecule has 2 rings (SSSR count). The molecule has 2 amide bonds. The highest BCUT2D eigenvalue weighted by atomic mass is 32.2. The van der Waals surface area contributed by atoms with E-state index in [4.69, 9.17) is 4.55 Å². The molecule has 0 bridgehead atoms. The van der Waals surface area contributed by atoms with E-state index < -0.39 is 28.3 Å². The van der Waals surface area contributed by atoms with Crippen LogP contribution in [0.3, 0.4) is 0 Å². The van der Waals surface area contributed by atoms with Crippen LogP contribution in [0.4, 0.5) is 0 Å². The predicted octanol–water partition coefficient (Wildman–Crippen LogP) is -2.87. The summed E-state index contributed by atoms with van der Waals surface area (Å²) in [6.45, 7) is 0.391. The number of carbonyl (C=O) groups excluding carboxylic acids is 2. The van der Waals surface area contributed by atoms with Crippen molar-refractivity contribution in [3.8, 4) is 0 Å². The number of rotatable bonds is 7. The van der Waals surface area contributed by atoms with Gasteiger partial charge in [-0.1, -0.05) is 0 Å². The third kappa shape index (κ3) is 3.01. The molecule has 0 spiro atoms. The molecule has 1 aromatic rings. The molecule has 0 radical (unpaired) electrons. The maximum atomic E-state index is 11.6. The first-order chi connectivity index (χ1) is 9.88. The number of hydrogen-bond acceptors (Lipinski definition) is 7. The molecule has 1 aromatic heterocycles. The molecule has 1 fully saturated rings. The van der Waals surface area contributed by atoms with Crippen LogP contribution in [0.1, 0.15) is 5.69 Å². The number of hydrogen-bond donors (Lipinski definition) is 3. The van der Waals surface area contributed by atoms with Crippen LogP contribution in [0.25, 0.3) is 0 Å². The fourth-order valence-electron chi connectivity index (χ4n) is 2.09. The second kappa shape index (κ2) is 5.75. The van der Waals surface area contributed by atoms with Crippen molar-refractivity contribution in [1.82, 2.24) is 29.9 Å². The van der Waals surface area contributed by atoms with E-state index in [2.05, 4.69) is 20.8 Å². The van der Waals surface area contributed by atoms with Gasteiger partial charge in [-0.15, -0.1) is 0 Å². The molecule has 2 unspecified atom stereocenters. The summed E-state index contributed by atoms with van der Waals surface area (Å²) in [4.78, 5) is 23.3. The van der Waals surface area contributed by atoms with Crippen LogP contribution in [0.5, 0.6) is 0 Å². The van der Waals surface area contributed by atoms with Crippen molar-refractivity contribution < 1.29 is 22.6 Å². The zero-order valence-electron chi connectivity index (χ0n) is 11.0. The molecule has 1 aliphatic rings. The fourth-order valence-corrected chi connectivity index (χ4v) is 2.96. The Kier molecular flexibility index (Phi) is 4.20. The van der Waals surface area contributed by atoms with Crippen molar-refractivity contribution in [1.29, 1.82) is 0 Å². The standard InChI is InChI=1S/C9H14N6O5S/c1-10-2-6-3-12-14(13-6)4-7-8(11-5-16)9(17)15(7)21(18,19)20/h3,5,7-8,10H,2,4H2,1H3,(H,11,16)(H,18,19,20). The van der Waals surface area contributed by atoms with Crippen molar-refractivity contribution in [3.63, 3.8) is 0 Å². The Morgan fingerprint density at radius 1 is 1.52 bits per heavy atom. The lowest BCUT2D eigenvalue weighted by Gasteiger charge is -2.43. The van der Waals surface area contributed by atoms with E-state index in [1.54, 1.807) is 7.05 Å². The second-order valence-corrected chi connectivity index (χ2v) is 5.65. The fraction of sp³-hybridized carbons (Fsp3) is 0.556.